The van der Waals surface area contributed by atoms with E-state index in [1.165, 1.54) is 10.9 Å². The van der Waals surface area contributed by atoms with E-state index in [1.807, 2.05) is 0 Å². The Morgan fingerprint density at radius 3 is 2.73 bits per heavy atom. The van der Waals surface area contributed by atoms with Gasteiger partial charge in [0.1, 0.15) is 11.6 Å². The van der Waals surface area contributed by atoms with Crippen LogP contribution in [-0.4, -0.2) is 40.8 Å². The number of aromatic nitrogens is 4. The lowest BCUT2D eigenvalue weighted by Crippen LogP contribution is -2.08. The number of halogens is 2. The lowest BCUT2D eigenvalue weighted by Gasteiger charge is -2.07. The molecule has 0 aliphatic carbocycles. The third kappa shape index (κ3) is 4.13. The smallest absolute Gasteiger partial charge is 0.255 e. The summed E-state index contributed by atoms with van der Waals surface area (Å²) in [6, 6.07) is 6.59. The molecule has 1 aromatic carbocycles. The number of hydrogen-bond donors (Lipinski definition) is 1. The van der Waals surface area contributed by atoms with E-state index in [9.17, 15) is 22.0 Å². The van der Waals surface area contributed by atoms with E-state index < -0.39 is 22.7 Å². The Morgan fingerprint density at radius 2 is 2.04 bits per heavy atom. The SMILES string of the molecule is CS(=O)(=O)Cc1nc(CCC(F)F)n(-c2ccc3c(=O)[nH]ccc3c2)n1. The molecule has 0 atom stereocenters. The summed E-state index contributed by atoms with van der Waals surface area (Å²) in [6.45, 7) is 0. The highest BCUT2D eigenvalue weighted by atomic mass is 32.2. The topological polar surface area (TPSA) is 97.7 Å². The van der Waals surface area contributed by atoms with Crippen LogP contribution in [0.25, 0.3) is 16.5 Å². The average molecular weight is 382 g/mol. The van der Waals surface area contributed by atoms with Crippen LogP contribution >= 0.6 is 0 Å². The maximum Gasteiger partial charge on any atom is 0.255 e. The Hall–Kier alpha value is -2.62. The minimum Gasteiger partial charge on any atom is -0.329 e. The van der Waals surface area contributed by atoms with Crippen LogP contribution in [0.4, 0.5) is 8.78 Å². The lowest BCUT2D eigenvalue weighted by atomic mass is 10.1. The fourth-order valence-electron chi connectivity index (χ4n) is 2.61. The van der Waals surface area contributed by atoms with E-state index in [-0.39, 0.29) is 29.4 Å². The Morgan fingerprint density at radius 1 is 1.27 bits per heavy atom. The molecule has 0 radical (unpaired) electrons. The predicted octanol–water partition coefficient (Wildman–Crippen LogP) is 1.85. The molecule has 0 aliphatic rings. The van der Waals surface area contributed by atoms with Crippen molar-refractivity contribution in [2.75, 3.05) is 6.26 Å². The fourth-order valence-corrected chi connectivity index (χ4v) is 3.20. The standard InChI is InChI=1S/C16H16F2N4O3S/c1-26(24,25)9-14-20-15(5-4-13(17)18)22(21-14)11-2-3-12-10(8-11)6-7-19-16(12)23/h2-3,6-8,13H,4-5,9H2,1H3,(H,19,23). The van der Waals surface area contributed by atoms with E-state index >= 15 is 0 Å². The maximum atomic E-state index is 12.6. The molecule has 1 N–H and O–H groups in total. The minimum atomic E-state index is -3.37. The zero-order valence-electron chi connectivity index (χ0n) is 13.8. The van der Waals surface area contributed by atoms with Crippen LogP contribution in [0.15, 0.2) is 35.3 Å². The molecule has 0 unspecified atom stereocenters. The van der Waals surface area contributed by atoms with Gasteiger partial charge < -0.3 is 4.98 Å². The first-order valence-electron chi connectivity index (χ1n) is 7.75. The maximum absolute atomic E-state index is 12.6. The second kappa shape index (κ2) is 6.94. The molecular formula is C16H16F2N4O3S. The van der Waals surface area contributed by atoms with Gasteiger partial charge in [0, 0.05) is 30.7 Å². The Kier molecular flexibility index (Phi) is 4.86. The largest absolute Gasteiger partial charge is 0.329 e. The van der Waals surface area contributed by atoms with Crippen molar-refractivity contribution < 1.29 is 17.2 Å². The molecular weight excluding hydrogens is 366 g/mol. The number of rotatable bonds is 6. The molecule has 0 saturated heterocycles. The van der Waals surface area contributed by atoms with Crippen LogP contribution in [0.3, 0.4) is 0 Å². The average Bonchev–Trinajstić information content (AvgIpc) is 2.93. The van der Waals surface area contributed by atoms with Gasteiger partial charge in [0.2, 0.25) is 6.43 Å². The van der Waals surface area contributed by atoms with Gasteiger partial charge in [-0.2, -0.15) is 0 Å². The molecule has 2 aromatic heterocycles. The summed E-state index contributed by atoms with van der Waals surface area (Å²) in [5, 5.41) is 5.29. The highest BCUT2D eigenvalue weighted by Gasteiger charge is 2.17. The van der Waals surface area contributed by atoms with Gasteiger partial charge in [0.25, 0.3) is 5.56 Å². The van der Waals surface area contributed by atoms with Crippen LogP contribution < -0.4 is 5.56 Å². The summed E-state index contributed by atoms with van der Waals surface area (Å²) in [6.07, 6.45) is -0.419. The molecule has 7 nitrogen and oxygen atoms in total. The molecule has 3 aromatic rings. The molecule has 10 heteroatoms. The molecule has 0 fully saturated rings. The third-order valence-corrected chi connectivity index (χ3v) is 4.48. The van der Waals surface area contributed by atoms with E-state index in [0.717, 1.165) is 6.26 Å². The third-order valence-electron chi connectivity index (χ3n) is 3.70. The minimum absolute atomic E-state index is 0.0442. The van der Waals surface area contributed by atoms with Gasteiger partial charge in [-0.1, -0.05) is 0 Å². The number of sulfone groups is 1. The summed E-state index contributed by atoms with van der Waals surface area (Å²) in [4.78, 5) is 18.5. The number of hydrogen-bond acceptors (Lipinski definition) is 5. The second-order valence-corrected chi connectivity index (χ2v) is 8.07. The second-order valence-electron chi connectivity index (χ2n) is 5.93. The van der Waals surface area contributed by atoms with Crippen molar-refractivity contribution in [3.8, 4) is 5.69 Å². The summed E-state index contributed by atoms with van der Waals surface area (Å²) >= 11 is 0. The highest BCUT2D eigenvalue weighted by Crippen LogP contribution is 2.18. The normalized spacial score (nSPS) is 12.2. The van der Waals surface area contributed by atoms with E-state index in [1.54, 1.807) is 24.3 Å². The number of aromatic amines is 1. The lowest BCUT2D eigenvalue weighted by molar-refractivity contribution is 0.137. The van der Waals surface area contributed by atoms with Crippen molar-refractivity contribution in [2.24, 2.45) is 0 Å². The van der Waals surface area contributed by atoms with Crippen molar-refractivity contribution in [2.45, 2.75) is 25.0 Å². The number of H-pyrrole nitrogens is 1. The van der Waals surface area contributed by atoms with Gasteiger partial charge in [-0.3, -0.25) is 4.79 Å². The van der Waals surface area contributed by atoms with Gasteiger partial charge in [-0.15, -0.1) is 5.10 Å². The van der Waals surface area contributed by atoms with Gasteiger partial charge in [-0.05, 0) is 29.7 Å². The molecule has 0 amide bonds. The van der Waals surface area contributed by atoms with Crippen LogP contribution in [0.1, 0.15) is 18.1 Å². The number of aryl methyl sites for hydroxylation is 1. The van der Waals surface area contributed by atoms with Gasteiger partial charge in [0.15, 0.2) is 15.7 Å². The zero-order valence-corrected chi connectivity index (χ0v) is 14.6. The summed E-state index contributed by atoms with van der Waals surface area (Å²) in [5.41, 5.74) is 0.267. The van der Waals surface area contributed by atoms with E-state index in [2.05, 4.69) is 15.1 Å². The van der Waals surface area contributed by atoms with Crippen LogP contribution in [0.5, 0.6) is 0 Å². The van der Waals surface area contributed by atoms with Crippen LogP contribution in [0, 0.1) is 0 Å². The molecule has 138 valence electrons. The number of nitrogens with zero attached hydrogens (tertiary/aromatic N) is 3. The highest BCUT2D eigenvalue weighted by molar-refractivity contribution is 7.89. The number of fused-ring (bicyclic) bond motifs is 1. The Labute approximate surface area is 147 Å². The molecule has 0 spiro atoms. The summed E-state index contributed by atoms with van der Waals surface area (Å²) < 4.78 is 49.5. The van der Waals surface area contributed by atoms with E-state index in [4.69, 9.17) is 0 Å². The molecule has 2 heterocycles. The fraction of sp³-hybridized carbons (Fsp3) is 0.312. The molecule has 0 aliphatic heterocycles. The Bertz CT molecular complexity index is 1110. The molecule has 26 heavy (non-hydrogen) atoms. The van der Waals surface area contributed by atoms with Crippen molar-refractivity contribution in [1.82, 2.24) is 19.7 Å². The molecule has 3 rings (SSSR count). The van der Waals surface area contributed by atoms with Crippen LogP contribution in [-0.2, 0) is 22.0 Å². The monoisotopic (exact) mass is 382 g/mol. The summed E-state index contributed by atoms with van der Waals surface area (Å²) in [5.74, 6) is -0.0921. The van der Waals surface area contributed by atoms with Gasteiger partial charge >= 0.3 is 0 Å². The number of benzene rings is 1. The number of pyridine rings is 1. The first kappa shape index (κ1) is 18.2. The zero-order chi connectivity index (χ0) is 18.9. The first-order chi connectivity index (χ1) is 12.2. The molecule has 0 bridgehead atoms. The Balaban J connectivity index is 2.08. The van der Waals surface area contributed by atoms with Crippen molar-refractivity contribution >= 4 is 20.6 Å². The number of nitrogens with one attached hydrogen (secondary N) is 1. The quantitative estimate of drug-likeness (QED) is 0.702. The summed E-state index contributed by atoms with van der Waals surface area (Å²) in [7, 11) is -3.37. The predicted molar refractivity (Wildman–Crippen MR) is 92.4 cm³/mol. The first-order valence-corrected chi connectivity index (χ1v) is 9.81. The number of alkyl halides is 2. The molecule has 0 saturated carbocycles. The van der Waals surface area contributed by atoms with Crippen molar-refractivity contribution in [3.05, 3.63) is 52.5 Å². The van der Waals surface area contributed by atoms with Crippen LogP contribution in [0.2, 0.25) is 0 Å². The van der Waals surface area contributed by atoms with Crippen molar-refractivity contribution in [1.29, 1.82) is 0 Å². The van der Waals surface area contributed by atoms with Gasteiger partial charge in [0.05, 0.1) is 5.69 Å². The van der Waals surface area contributed by atoms with Gasteiger partial charge in [-0.25, -0.2) is 26.9 Å². The van der Waals surface area contributed by atoms with Crippen molar-refractivity contribution in [3.63, 3.8) is 0 Å². The van der Waals surface area contributed by atoms with E-state index in [0.29, 0.717) is 16.5 Å².